The molecular weight excluding hydrogens is 226 g/mol. The summed E-state index contributed by atoms with van der Waals surface area (Å²) in [6, 6.07) is 5.84. The first kappa shape index (κ1) is 11.1. The molecule has 1 fully saturated rings. The van der Waals surface area contributed by atoms with Gasteiger partial charge in [-0.15, -0.1) is 0 Å². The van der Waals surface area contributed by atoms with Crippen LogP contribution in [0.2, 0.25) is 0 Å². The van der Waals surface area contributed by atoms with Gasteiger partial charge in [-0.3, -0.25) is 4.79 Å². The molecule has 1 N–H and O–H groups in total. The van der Waals surface area contributed by atoms with Crippen LogP contribution in [0.25, 0.3) is 11.0 Å². The highest BCUT2D eigenvalue weighted by atomic mass is 16.2. The molecule has 0 unspecified atom stereocenters. The Kier molecular flexibility index (Phi) is 2.51. The predicted molar refractivity (Wildman–Crippen MR) is 70.4 cm³/mol. The van der Waals surface area contributed by atoms with Crippen LogP contribution in [0.15, 0.2) is 18.2 Å². The van der Waals surface area contributed by atoms with Crippen molar-refractivity contribution in [3.8, 4) is 0 Å². The van der Waals surface area contributed by atoms with Crippen molar-refractivity contribution in [1.82, 2.24) is 9.97 Å². The zero-order valence-corrected chi connectivity index (χ0v) is 10.5. The predicted octanol–water partition coefficient (Wildman–Crippen LogP) is 2.60. The zero-order valence-electron chi connectivity index (χ0n) is 10.5. The molecule has 4 heteroatoms. The lowest BCUT2D eigenvalue weighted by Crippen LogP contribution is -2.14. The zero-order chi connectivity index (χ0) is 12.7. The van der Waals surface area contributed by atoms with Crippen LogP contribution in [0.3, 0.4) is 0 Å². The van der Waals surface area contributed by atoms with Crippen LogP contribution in [0, 0.1) is 19.8 Å². The highest BCUT2D eigenvalue weighted by Gasteiger charge is 2.29. The third-order valence-electron chi connectivity index (χ3n) is 3.21. The van der Waals surface area contributed by atoms with Gasteiger partial charge in [-0.05, 0) is 50.5 Å². The summed E-state index contributed by atoms with van der Waals surface area (Å²) in [5, 5.41) is 3.88. The van der Waals surface area contributed by atoms with Gasteiger partial charge in [0, 0.05) is 17.0 Å². The first-order valence-corrected chi connectivity index (χ1v) is 6.19. The van der Waals surface area contributed by atoms with Crippen LogP contribution in [0.5, 0.6) is 0 Å². The molecule has 1 aliphatic carbocycles. The number of hydrogen-bond donors (Lipinski definition) is 1. The van der Waals surface area contributed by atoms with Gasteiger partial charge in [0.25, 0.3) is 0 Å². The summed E-state index contributed by atoms with van der Waals surface area (Å²) < 4.78 is 0. The maximum Gasteiger partial charge on any atom is 0.228 e. The van der Waals surface area contributed by atoms with E-state index in [4.69, 9.17) is 0 Å². The van der Waals surface area contributed by atoms with E-state index in [0.29, 0.717) is 11.5 Å². The second kappa shape index (κ2) is 4.05. The van der Waals surface area contributed by atoms with Crippen molar-refractivity contribution in [2.75, 3.05) is 5.32 Å². The van der Waals surface area contributed by atoms with Crippen LogP contribution in [0.1, 0.15) is 24.1 Å². The molecule has 1 aliphatic rings. The molecule has 0 saturated heterocycles. The number of carbonyl (C=O) groups excluding carboxylic acids is 1. The molecule has 1 saturated carbocycles. The van der Waals surface area contributed by atoms with E-state index in [0.717, 1.165) is 29.5 Å². The summed E-state index contributed by atoms with van der Waals surface area (Å²) in [4.78, 5) is 20.5. The fourth-order valence-corrected chi connectivity index (χ4v) is 2.08. The first-order chi connectivity index (χ1) is 8.63. The Morgan fingerprint density at radius 3 is 2.78 bits per heavy atom. The average molecular weight is 241 g/mol. The van der Waals surface area contributed by atoms with Crippen LogP contribution in [-0.4, -0.2) is 15.9 Å². The average Bonchev–Trinajstić information content (AvgIpc) is 3.11. The van der Waals surface area contributed by atoms with E-state index in [1.807, 2.05) is 32.0 Å². The summed E-state index contributed by atoms with van der Waals surface area (Å²) in [5.74, 6) is 0.859. The van der Waals surface area contributed by atoms with Crippen molar-refractivity contribution >= 4 is 22.8 Å². The van der Waals surface area contributed by atoms with Gasteiger partial charge in [0.15, 0.2) is 5.65 Å². The molecule has 92 valence electrons. The van der Waals surface area contributed by atoms with E-state index < -0.39 is 0 Å². The number of carbonyl (C=O) groups is 1. The molecule has 0 aromatic carbocycles. The Bertz CT molecular complexity index is 632. The third-order valence-corrected chi connectivity index (χ3v) is 3.21. The van der Waals surface area contributed by atoms with Crippen molar-refractivity contribution in [3.05, 3.63) is 29.5 Å². The lowest BCUT2D eigenvalue weighted by Gasteiger charge is -2.06. The van der Waals surface area contributed by atoms with Crippen molar-refractivity contribution in [1.29, 1.82) is 0 Å². The van der Waals surface area contributed by atoms with Gasteiger partial charge in [-0.25, -0.2) is 9.97 Å². The number of rotatable bonds is 2. The van der Waals surface area contributed by atoms with Crippen molar-refractivity contribution in [2.24, 2.45) is 5.92 Å². The third kappa shape index (κ3) is 2.06. The summed E-state index contributed by atoms with van der Waals surface area (Å²) in [7, 11) is 0. The Labute approximate surface area is 105 Å². The minimum Gasteiger partial charge on any atom is -0.310 e. The molecule has 2 aromatic heterocycles. The molecule has 4 nitrogen and oxygen atoms in total. The van der Waals surface area contributed by atoms with Crippen molar-refractivity contribution in [2.45, 2.75) is 26.7 Å². The van der Waals surface area contributed by atoms with E-state index >= 15 is 0 Å². The van der Waals surface area contributed by atoms with Crippen LogP contribution < -0.4 is 5.32 Å². The monoisotopic (exact) mass is 241 g/mol. The molecule has 3 rings (SSSR count). The lowest BCUT2D eigenvalue weighted by molar-refractivity contribution is -0.117. The van der Waals surface area contributed by atoms with Crippen molar-refractivity contribution < 1.29 is 4.79 Å². The number of fused-ring (bicyclic) bond motifs is 1. The highest BCUT2D eigenvalue weighted by molar-refractivity contribution is 5.94. The fraction of sp³-hybridized carbons (Fsp3) is 0.357. The van der Waals surface area contributed by atoms with Gasteiger partial charge in [0.1, 0.15) is 5.82 Å². The van der Waals surface area contributed by atoms with E-state index in [-0.39, 0.29) is 11.8 Å². The van der Waals surface area contributed by atoms with Crippen LogP contribution >= 0.6 is 0 Å². The smallest absolute Gasteiger partial charge is 0.228 e. The first-order valence-electron chi connectivity index (χ1n) is 6.19. The van der Waals surface area contributed by atoms with E-state index in [1.54, 1.807) is 0 Å². The molecule has 2 heterocycles. The molecular formula is C14H15N3O. The number of aromatic nitrogens is 2. The Balaban J connectivity index is 1.97. The number of nitrogens with zero attached hydrogens (tertiary/aromatic N) is 2. The van der Waals surface area contributed by atoms with Crippen molar-refractivity contribution in [3.63, 3.8) is 0 Å². The van der Waals surface area contributed by atoms with E-state index in [1.165, 1.54) is 0 Å². The quantitative estimate of drug-likeness (QED) is 0.879. The highest BCUT2D eigenvalue weighted by Crippen LogP contribution is 2.30. The number of nitrogens with one attached hydrogen (secondary N) is 1. The minimum atomic E-state index is 0.0752. The Morgan fingerprint density at radius 1 is 1.28 bits per heavy atom. The minimum absolute atomic E-state index is 0.0752. The number of hydrogen-bond acceptors (Lipinski definition) is 3. The molecule has 0 atom stereocenters. The largest absolute Gasteiger partial charge is 0.310 e. The summed E-state index contributed by atoms with van der Waals surface area (Å²) in [6.07, 6.45) is 1.99. The Hall–Kier alpha value is -1.97. The second-order valence-corrected chi connectivity index (χ2v) is 4.91. The molecule has 0 aliphatic heterocycles. The molecule has 2 aromatic rings. The number of amides is 1. The maximum absolute atomic E-state index is 11.7. The van der Waals surface area contributed by atoms with Gasteiger partial charge >= 0.3 is 0 Å². The molecule has 0 spiro atoms. The molecule has 18 heavy (non-hydrogen) atoms. The standard InChI is InChI=1S/C14H15N3O/c1-8-7-9(2)15-13-11(8)5-6-12(16-13)17-14(18)10-3-4-10/h5-7,10H,3-4H2,1-2H3,(H,15,16,17,18). The molecule has 0 bridgehead atoms. The second-order valence-electron chi connectivity index (χ2n) is 4.91. The van der Waals surface area contributed by atoms with Gasteiger partial charge in [-0.1, -0.05) is 0 Å². The lowest BCUT2D eigenvalue weighted by atomic mass is 10.1. The fourth-order valence-electron chi connectivity index (χ4n) is 2.08. The number of aryl methyl sites for hydroxylation is 2. The summed E-state index contributed by atoms with van der Waals surface area (Å²) >= 11 is 0. The summed E-state index contributed by atoms with van der Waals surface area (Å²) in [6.45, 7) is 3.99. The van der Waals surface area contributed by atoms with Gasteiger partial charge in [-0.2, -0.15) is 0 Å². The van der Waals surface area contributed by atoms with Gasteiger partial charge in [0.2, 0.25) is 5.91 Å². The van der Waals surface area contributed by atoms with Gasteiger partial charge < -0.3 is 5.32 Å². The van der Waals surface area contributed by atoms with Gasteiger partial charge in [0.05, 0.1) is 0 Å². The molecule has 0 radical (unpaired) electrons. The maximum atomic E-state index is 11.7. The number of pyridine rings is 2. The summed E-state index contributed by atoms with van der Waals surface area (Å²) in [5.41, 5.74) is 2.80. The number of anilines is 1. The van der Waals surface area contributed by atoms with Crippen LogP contribution in [0.4, 0.5) is 5.82 Å². The molecule has 1 amide bonds. The Morgan fingerprint density at radius 2 is 2.06 bits per heavy atom. The topological polar surface area (TPSA) is 54.9 Å². The normalized spacial score (nSPS) is 14.8. The SMILES string of the molecule is Cc1cc(C)c2ccc(NC(=O)C3CC3)nc2n1. The van der Waals surface area contributed by atoms with E-state index in [2.05, 4.69) is 15.3 Å². The van der Waals surface area contributed by atoms with E-state index in [9.17, 15) is 4.79 Å². The van der Waals surface area contributed by atoms with Crippen LogP contribution in [-0.2, 0) is 4.79 Å².